The van der Waals surface area contributed by atoms with Crippen molar-refractivity contribution in [3.05, 3.63) is 30.3 Å². The molecule has 7 heteroatoms. The van der Waals surface area contributed by atoms with Gasteiger partial charge in [-0.2, -0.15) is 0 Å². The fraction of sp³-hybridized carbons (Fsp3) is 0.250. The standard InChI is InChI=1S/C8H7F6P/c9-6-8(10,11)15(12,13,14)7-4-2-1-3-5-7/h1-5H,6H2. The van der Waals surface area contributed by atoms with Crippen LogP contribution in [-0.4, -0.2) is 12.3 Å². The second-order valence-corrected chi connectivity index (χ2v) is 5.74. The molecule has 1 aromatic carbocycles. The molecule has 0 N–H and O–H groups in total. The van der Waals surface area contributed by atoms with Crippen LogP contribution in [0.4, 0.5) is 25.8 Å². The Morgan fingerprint density at radius 2 is 1.47 bits per heavy atom. The number of halogens is 6. The first-order valence-corrected chi connectivity index (χ1v) is 5.77. The average molecular weight is 248 g/mol. The molecule has 0 fully saturated rings. The Morgan fingerprint density at radius 1 is 1.00 bits per heavy atom. The summed E-state index contributed by atoms with van der Waals surface area (Å²) in [5.74, 6) is 0. The molecule has 0 nitrogen and oxygen atoms in total. The topological polar surface area (TPSA) is 0 Å². The van der Waals surface area contributed by atoms with Gasteiger partial charge in [0.1, 0.15) is 0 Å². The molecule has 0 aliphatic heterocycles. The van der Waals surface area contributed by atoms with Crippen LogP contribution in [0.3, 0.4) is 0 Å². The summed E-state index contributed by atoms with van der Waals surface area (Å²) in [6.07, 6.45) is 0. The van der Waals surface area contributed by atoms with Crippen LogP contribution >= 0.6 is 7.54 Å². The van der Waals surface area contributed by atoms with E-state index in [2.05, 4.69) is 0 Å². The van der Waals surface area contributed by atoms with Crippen molar-refractivity contribution in [2.75, 3.05) is 6.67 Å². The van der Waals surface area contributed by atoms with Gasteiger partial charge in [-0.3, -0.25) is 0 Å². The van der Waals surface area contributed by atoms with Crippen LogP contribution in [0.2, 0.25) is 0 Å². The summed E-state index contributed by atoms with van der Waals surface area (Å²) < 4.78 is 76.2. The quantitative estimate of drug-likeness (QED) is 0.558. The first-order chi connectivity index (χ1) is 6.70. The molecule has 0 aliphatic rings. The van der Waals surface area contributed by atoms with Gasteiger partial charge >= 0.3 is 81.3 Å². The normalized spacial score (nSPS) is 15.7. The minimum absolute atomic E-state index is 0.529. The Morgan fingerprint density at radius 3 is 1.87 bits per heavy atom. The van der Waals surface area contributed by atoms with Gasteiger partial charge in [0, 0.05) is 0 Å². The van der Waals surface area contributed by atoms with E-state index in [1.165, 1.54) is 6.07 Å². The van der Waals surface area contributed by atoms with Crippen molar-refractivity contribution in [2.45, 2.75) is 5.66 Å². The summed E-state index contributed by atoms with van der Waals surface area (Å²) >= 11 is 0. The van der Waals surface area contributed by atoms with E-state index in [1.807, 2.05) is 0 Å². The molecule has 0 spiro atoms. The van der Waals surface area contributed by atoms with E-state index in [9.17, 15) is 25.8 Å². The van der Waals surface area contributed by atoms with Gasteiger partial charge in [0.25, 0.3) is 0 Å². The Balaban J connectivity index is 3.32. The molecule has 0 bridgehead atoms. The first-order valence-electron chi connectivity index (χ1n) is 3.86. The van der Waals surface area contributed by atoms with Crippen molar-refractivity contribution in [2.24, 2.45) is 0 Å². The molecule has 15 heavy (non-hydrogen) atoms. The molecule has 0 saturated carbocycles. The van der Waals surface area contributed by atoms with Crippen molar-refractivity contribution in [1.82, 2.24) is 0 Å². The van der Waals surface area contributed by atoms with Crippen LogP contribution in [0.5, 0.6) is 0 Å². The molecular formula is C8H7F6P. The van der Waals surface area contributed by atoms with Crippen molar-refractivity contribution in [3.8, 4) is 0 Å². The Bertz CT molecular complexity index is 341. The molecule has 1 rings (SSSR count). The predicted octanol–water partition coefficient (Wildman–Crippen LogP) is 4.08. The van der Waals surface area contributed by atoms with E-state index < -0.39 is 25.2 Å². The van der Waals surface area contributed by atoms with Crippen molar-refractivity contribution in [3.63, 3.8) is 0 Å². The van der Waals surface area contributed by atoms with E-state index in [4.69, 9.17) is 0 Å². The molecule has 0 aliphatic carbocycles. The van der Waals surface area contributed by atoms with Crippen molar-refractivity contribution < 1.29 is 25.8 Å². The van der Waals surface area contributed by atoms with Gasteiger partial charge in [0.05, 0.1) is 0 Å². The summed E-state index contributed by atoms with van der Waals surface area (Å²) in [4.78, 5) is 0. The summed E-state index contributed by atoms with van der Waals surface area (Å²) in [6, 6.07) is 4.31. The molecule has 86 valence electrons. The zero-order chi connectivity index (χ0) is 11.8. The summed E-state index contributed by atoms with van der Waals surface area (Å²) in [5, 5.41) is -1.44. The molecule has 0 saturated heterocycles. The summed E-state index contributed by atoms with van der Waals surface area (Å²) in [5.41, 5.74) is -5.26. The zero-order valence-corrected chi connectivity index (χ0v) is 8.20. The number of hydrogen-bond donors (Lipinski definition) is 0. The third-order valence-corrected chi connectivity index (χ3v) is 4.20. The van der Waals surface area contributed by atoms with Gasteiger partial charge in [-0.1, -0.05) is 0 Å². The molecule has 1 aromatic rings. The van der Waals surface area contributed by atoms with Gasteiger partial charge in [0.2, 0.25) is 0 Å². The van der Waals surface area contributed by atoms with E-state index in [-0.39, 0.29) is 0 Å². The summed E-state index contributed by atoms with van der Waals surface area (Å²) in [7, 11) is -7.99. The number of hydrogen-bond acceptors (Lipinski definition) is 0. The number of benzene rings is 1. The average Bonchev–Trinajstić information content (AvgIpc) is 2.18. The van der Waals surface area contributed by atoms with Gasteiger partial charge in [-0.05, 0) is 0 Å². The monoisotopic (exact) mass is 248 g/mol. The molecule has 0 unspecified atom stereocenters. The van der Waals surface area contributed by atoms with Gasteiger partial charge < -0.3 is 0 Å². The predicted molar refractivity (Wildman–Crippen MR) is 47.2 cm³/mol. The maximum absolute atomic E-state index is 13.1. The fourth-order valence-electron chi connectivity index (χ4n) is 0.958. The van der Waals surface area contributed by atoms with Gasteiger partial charge in [-0.15, -0.1) is 0 Å². The van der Waals surface area contributed by atoms with E-state index in [0.717, 1.165) is 12.1 Å². The minimum atomic E-state index is -7.99. The third-order valence-electron chi connectivity index (χ3n) is 1.87. The zero-order valence-electron chi connectivity index (χ0n) is 7.31. The van der Waals surface area contributed by atoms with Crippen molar-refractivity contribution >= 4 is 12.8 Å². The Hall–Kier alpha value is -0.770. The van der Waals surface area contributed by atoms with E-state index in [0.29, 0.717) is 12.1 Å². The second-order valence-electron chi connectivity index (χ2n) is 2.95. The summed E-state index contributed by atoms with van der Waals surface area (Å²) in [6.45, 7) is -2.72. The van der Waals surface area contributed by atoms with Crippen molar-refractivity contribution in [1.29, 1.82) is 0 Å². The van der Waals surface area contributed by atoms with Gasteiger partial charge in [-0.25, -0.2) is 0 Å². The third kappa shape index (κ3) is 1.83. The van der Waals surface area contributed by atoms with E-state index in [1.54, 1.807) is 0 Å². The number of alkyl halides is 3. The fourth-order valence-corrected chi connectivity index (χ4v) is 2.19. The van der Waals surface area contributed by atoms with Crippen LogP contribution in [-0.2, 0) is 0 Å². The molecule has 0 amide bonds. The van der Waals surface area contributed by atoms with Crippen LogP contribution in [0.15, 0.2) is 30.3 Å². The van der Waals surface area contributed by atoms with Crippen LogP contribution in [0.25, 0.3) is 0 Å². The molecule has 0 atom stereocenters. The molecule has 0 aromatic heterocycles. The maximum atomic E-state index is 13.1. The van der Waals surface area contributed by atoms with Crippen LogP contribution in [0, 0.1) is 0 Å². The Kier molecular flexibility index (Phi) is 2.76. The molecule has 0 heterocycles. The number of rotatable bonds is 3. The van der Waals surface area contributed by atoms with Crippen LogP contribution < -0.4 is 5.30 Å². The van der Waals surface area contributed by atoms with E-state index >= 15 is 0 Å². The van der Waals surface area contributed by atoms with Gasteiger partial charge in [0.15, 0.2) is 0 Å². The van der Waals surface area contributed by atoms with Crippen LogP contribution in [0.1, 0.15) is 0 Å². The first kappa shape index (κ1) is 12.3. The Labute approximate surface area is 82.2 Å². The molecular weight excluding hydrogens is 241 g/mol. The molecule has 0 radical (unpaired) electrons. The second kappa shape index (κ2) is 3.37. The SMILES string of the molecule is FCC(F)(F)P(F)(F)(F)c1ccccc1.